The molecular weight excluding hydrogens is 308 g/mol. The van der Waals surface area contributed by atoms with Crippen molar-refractivity contribution < 1.29 is 5.11 Å². The zero-order valence-corrected chi connectivity index (χ0v) is 13.7. The average Bonchev–Trinajstić information content (AvgIpc) is 2.55. The molecule has 7 nitrogen and oxygen atoms in total. The molecule has 1 heterocycles. The van der Waals surface area contributed by atoms with Crippen LogP contribution >= 0.6 is 0 Å². The van der Waals surface area contributed by atoms with Crippen molar-refractivity contribution in [2.24, 2.45) is 5.41 Å². The molecular formula is C17H22N4O3. The summed E-state index contributed by atoms with van der Waals surface area (Å²) in [6.07, 6.45) is 0.106. The molecule has 1 fully saturated rings. The average molecular weight is 330 g/mol. The summed E-state index contributed by atoms with van der Waals surface area (Å²) < 4.78 is 1.33. The number of nitrogen functional groups attached to an aromatic ring is 1. The predicted molar refractivity (Wildman–Crippen MR) is 93.1 cm³/mol. The largest absolute Gasteiger partial charge is 0.392 e. The summed E-state index contributed by atoms with van der Waals surface area (Å²) in [6.45, 7) is 4.11. The number of aromatic amines is 1. The third-order valence-corrected chi connectivity index (χ3v) is 4.96. The van der Waals surface area contributed by atoms with E-state index in [0.29, 0.717) is 6.42 Å². The van der Waals surface area contributed by atoms with Crippen LogP contribution in [0.3, 0.4) is 0 Å². The Morgan fingerprint density at radius 1 is 1.33 bits per heavy atom. The van der Waals surface area contributed by atoms with E-state index < -0.39 is 17.4 Å². The molecule has 7 heteroatoms. The van der Waals surface area contributed by atoms with Crippen molar-refractivity contribution in [2.75, 3.05) is 11.1 Å². The second-order valence-electron chi connectivity index (χ2n) is 6.86. The van der Waals surface area contributed by atoms with E-state index in [1.54, 1.807) is 0 Å². The minimum atomic E-state index is -0.543. The molecule has 0 aliphatic heterocycles. The van der Waals surface area contributed by atoms with Crippen LogP contribution in [-0.2, 0) is 6.54 Å². The molecule has 5 N–H and O–H groups in total. The minimum Gasteiger partial charge on any atom is -0.392 e. The van der Waals surface area contributed by atoms with Crippen molar-refractivity contribution >= 4 is 11.5 Å². The maximum Gasteiger partial charge on any atom is 0.330 e. The number of hydrogen-bond acceptors (Lipinski definition) is 5. The third kappa shape index (κ3) is 2.71. The monoisotopic (exact) mass is 330 g/mol. The maximum atomic E-state index is 12.2. The number of nitrogens with two attached hydrogens (primary N) is 1. The lowest BCUT2D eigenvalue weighted by atomic mass is 9.64. The number of aliphatic hydroxyl groups excluding tert-OH is 1. The molecule has 2 unspecified atom stereocenters. The molecule has 0 saturated heterocycles. The van der Waals surface area contributed by atoms with E-state index in [1.165, 1.54) is 4.57 Å². The van der Waals surface area contributed by atoms with Crippen molar-refractivity contribution in [3.05, 3.63) is 56.7 Å². The molecule has 1 saturated carbocycles. The van der Waals surface area contributed by atoms with Gasteiger partial charge in [-0.1, -0.05) is 44.2 Å². The van der Waals surface area contributed by atoms with Gasteiger partial charge in [0.1, 0.15) is 11.5 Å². The van der Waals surface area contributed by atoms with Gasteiger partial charge in [0.2, 0.25) is 0 Å². The molecule has 1 aromatic heterocycles. The Hall–Kier alpha value is -2.54. The molecule has 1 aliphatic carbocycles. The second kappa shape index (κ2) is 5.83. The summed E-state index contributed by atoms with van der Waals surface area (Å²) in [7, 11) is 0. The molecule has 2 atom stereocenters. The Labute approximate surface area is 139 Å². The van der Waals surface area contributed by atoms with Gasteiger partial charge in [-0.05, 0) is 12.0 Å². The van der Waals surface area contributed by atoms with Crippen molar-refractivity contribution in [1.82, 2.24) is 9.55 Å². The van der Waals surface area contributed by atoms with Gasteiger partial charge in [0.05, 0.1) is 12.6 Å². The standard InChI is InChI=1S/C17H22N4O3/c1-17(2)11(8-12(17)22)19-13-14(18)21(16(24)20-15(13)23)9-10-6-4-3-5-7-10/h3-7,11-12,19,22H,8-9,18H2,1-2H3,(H,20,23,24). The molecule has 128 valence electrons. The van der Waals surface area contributed by atoms with Gasteiger partial charge in [0.25, 0.3) is 5.56 Å². The molecule has 0 bridgehead atoms. The van der Waals surface area contributed by atoms with E-state index in [9.17, 15) is 14.7 Å². The number of rotatable bonds is 4. The van der Waals surface area contributed by atoms with E-state index >= 15 is 0 Å². The van der Waals surface area contributed by atoms with E-state index in [0.717, 1.165) is 5.56 Å². The Balaban J connectivity index is 1.95. The number of aromatic nitrogens is 2. The number of hydrogen-bond donors (Lipinski definition) is 4. The fraction of sp³-hybridized carbons (Fsp3) is 0.412. The van der Waals surface area contributed by atoms with Crippen LogP contribution in [0, 0.1) is 5.41 Å². The van der Waals surface area contributed by atoms with Gasteiger partial charge in [-0.25, -0.2) is 4.79 Å². The maximum absolute atomic E-state index is 12.2. The van der Waals surface area contributed by atoms with Crippen LogP contribution in [0.15, 0.2) is 39.9 Å². The van der Waals surface area contributed by atoms with Crippen molar-refractivity contribution in [1.29, 1.82) is 0 Å². The van der Waals surface area contributed by atoms with Gasteiger partial charge in [-0.2, -0.15) is 0 Å². The summed E-state index contributed by atoms with van der Waals surface area (Å²) in [5.74, 6) is 0.102. The zero-order valence-electron chi connectivity index (χ0n) is 13.7. The first-order valence-electron chi connectivity index (χ1n) is 7.92. The Morgan fingerprint density at radius 2 is 2.00 bits per heavy atom. The van der Waals surface area contributed by atoms with Crippen LogP contribution < -0.4 is 22.3 Å². The first kappa shape index (κ1) is 16.3. The van der Waals surface area contributed by atoms with Gasteiger partial charge in [-0.15, -0.1) is 0 Å². The normalized spacial score (nSPS) is 22.0. The molecule has 2 aromatic rings. The number of benzene rings is 1. The van der Waals surface area contributed by atoms with Gasteiger partial charge in [-0.3, -0.25) is 14.3 Å². The van der Waals surface area contributed by atoms with Crippen LogP contribution in [0.2, 0.25) is 0 Å². The van der Waals surface area contributed by atoms with Gasteiger partial charge in [0, 0.05) is 11.5 Å². The molecule has 3 rings (SSSR count). The van der Waals surface area contributed by atoms with Crippen LogP contribution in [0.4, 0.5) is 11.5 Å². The van der Waals surface area contributed by atoms with Crippen LogP contribution in [-0.4, -0.2) is 26.8 Å². The molecule has 0 radical (unpaired) electrons. The quantitative estimate of drug-likeness (QED) is 0.660. The van der Waals surface area contributed by atoms with E-state index in [-0.39, 0.29) is 29.5 Å². The van der Waals surface area contributed by atoms with E-state index in [4.69, 9.17) is 5.73 Å². The lowest BCUT2D eigenvalue weighted by Gasteiger charge is -2.49. The first-order valence-corrected chi connectivity index (χ1v) is 7.92. The molecule has 1 aromatic carbocycles. The van der Waals surface area contributed by atoms with Crippen LogP contribution in [0.25, 0.3) is 0 Å². The molecule has 0 spiro atoms. The smallest absolute Gasteiger partial charge is 0.330 e. The Kier molecular flexibility index (Phi) is 3.96. The van der Waals surface area contributed by atoms with Crippen molar-refractivity contribution in [3.8, 4) is 0 Å². The number of aliphatic hydroxyl groups is 1. The van der Waals surface area contributed by atoms with Crippen LogP contribution in [0.1, 0.15) is 25.8 Å². The zero-order chi connectivity index (χ0) is 17.5. The summed E-state index contributed by atoms with van der Waals surface area (Å²) in [4.78, 5) is 26.6. The summed E-state index contributed by atoms with van der Waals surface area (Å²) in [5, 5.41) is 12.9. The van der Waals surface area contributed by atoms with Gasteiger partial charge >= 0.3 is 5.69 Å². The lowest BCUT2D eigenvalue weighted by Crippen LogP contribution is -2.57. The Bertz CT molecular complexity index is 854. The van der Waals surface area contributed by atoms with Gasteiger partial charge < -0.3 is 16.2 Å². The topological polar surface area (TPSA) is 113 Å². The highest BCUT2D eigenvalue weighted by molar-refractivity contribution is 5.61. The minimum absolute atomic E-state index is 0.0847. The summed E-state index contributed by atoms with van der Waals surface area (Å²) in [5.41, 5.74) is 5.74. The van der Waals surface area contributed by atoms with Crippen LogP contribution in [0.5, 0.6) is 0 Å². The van der Waals surface area contributed by atoms with Crippen molar-refractivity contribution in [2.45, 2.75) is 39.0 Å². The fourth-order valence-electron chi connectivity index (χ4n) is 2.97. The first-order chi connectivity index (χ1) is 11.3. The highest BCUT2D eigenvalue weighted by Gasteiger charge is 2.47. The number of anilines is 2. The number of nitrogens with zero attached hydrogens (tertiary/aromatic N) is 1. The van der Waals surface area contributed by atoms with Gasteiger partial charge in [0.15, 0.2) is 0 Å². The van der Waals surface area contributed by atoms with E-state index in [1.807, 2.05) is 44.2 Å². The third-order valence-electron chi connectivity index (χ3n) is 4.96. The fourth-order valence-corrected chi connectivity index (χ4v) is 2.97. The summed E-state index contributed by atoms with van der Waals surface area (Å²) >= 11 is 0. The summed E-state index contributed by atoms with van der Waals surface area (Å²) in [6, 6.07) is 9.32. The number of H-pyrrole nitrogens is 1. The number of nitrogens with one attached hydrogen (secondary N) is 2. The second-order valence-corrected chi connectivity index (χ2v) is 6.86. The highest BCUT2D eigenvalue weighted by Crippen LogP contribution is 2.42. The predicted octanol–water partition coefficient (Wildman–Crippen LogP) is 0.738. The molecule has 1 aliphatic rings. The van der Waals surface area contributed by atoms with Crippen molar-refractivity contribution in [3.63, 3.8) is 0 Å². The Morgan fingerprint density at radius 3 is 2.58 bits per heavy atom. The SMILES string of the molecule is CC1(C)C(O)CC1Nc1c(N)n(Cc2ccccc2)c(=O)[nH]c1=O. The molecule has 24 heavy (non-hydrogen) atoms. The molecule has 0 amide bonds. The lowest BCUT2D eigenvalue weighted by molar-refractivity contribution is -0.0510. The highest BCUT2D eigenvalue weighted by atomic mass is 16.3. The van der Waals surface area contributed by atoms with E-state index in [2.05, 4.69) is 10.3 Å².